The molecule has 1 atom stereocenters. The van der Waals surface area contributed by atoms with Crippen LogP contribution in [0.2, 0.25) is 0 Å². The van der Waals surface area contributed by atoms with Crippen LogP contribution in [0, 0.1) is 0 Å². The molecule has 3 heteroatoms. The van der Waals surface area contributed by atoms with E-state index in [-0.39, 0.29) is 12.4 Å². The van der Waals surface area contributed by atoms with Crippen LogP contribution in [0.25, 0.3) is 0 Å². The zero-order valence-electron chi connectivity index (χ0n) is 9.06. The maximum Gasteiger partial charge on any atom is 0.309 e. The second-order valence-electron chi connectivity index (χ2n) is 3.62. The second-order valence-corrected chi connectivity index (χ2v) is 3.62. The van der Waals surface area contributed by atoms with Crippen LogP contribution in [0.5, 0.6) is 0 Å². The molecule has 0 aliphatic heterocycles. The van der Waals surface area contributed by atoms with E-state index < -0.39 is 5.60 Å². The number of esters is 1. The number of rotatable bonds is 4. The Kier molecular flexibility index (Phi) is 3.86. The molecule has 0 fully saturated rings. The van der Waals surface area contributed by atoms with Gasteiger partial charge in [0.25, 0.3) is 0 Å². The molecule has 0 heterocycles. The molecular weight excluding hydrogens is 192 g/mol. The number of hydrogen-bond donors (Lipinski definition) is 1. The fourth-order valence-electron chi connectivity index (χ4n) is 1.39. The zero-order valence-corrected chi connectivity index (χ0v) is 9.06. The van der Waals surface area contributed by atoms with Crippen LogP contribution < -0.4 is 0 Å². The average Bonchev–Trinajstić information content (AvgIpc) is 2.18. The first-order chi connectivity index (χ1) is 7.06. The lowest BCUT2D eigenvalue weighted by Gasteiger charge is -2.22. The highest BCUT2D eigenvalue weighted by atomic mass is 16.5. The van der Waals surface area contributed by atoms with Gasteiger partial charge in [0, 0.05) is 0 Å². The molecule has 0 radical (unpaired) electrons. The first kappa shape index (κ1) is 11.7. The molecule has 1 N–H and O–H groups in total. The average molecular weight is 208 g/mol. The van der Waals surface area contributed by atoms with Crippen molar-refractivity contribution in [2.24, 2.45) is 0 Å². The Morgan fingerprint density at radius 1 is 1.40 bits per heavy atom. The molecule has 82 valence electrons. The van der Waals surface area contributed by atoms with Gasteiger partial charge in [0.1, 0.15) is 0 Å². The van der Waals surface area contributed by atoms with E-state index in [4.69, 9.17) is 4.74 Å². The first-order valence-electron chi connectivity index (χ1n) is 5.00. The third-order valence-corrected chi connectivity index (χ3v) is 2.19. The number of aliphatic hydroxyl groups is 1. The van der Waals surface area contributed by atoms with E-state index in [1.807, 2.05) is 18.2 Å². The molecule has 0 saturated carbocycles. The maximum absolute atomic E-state index is 11.2. The Morgan fingerprint density at radius 2 is 2.00 bits per heavy atom. The van der Waals surface area contributed by atoms with Crippen molar-refractivity contribution >= 4 is 5.97 Å². The smallest absolute Gasteiger partial charge is 0.309 e. The summed E-state index contributed by atoms with van der Waals surface area (Å²) in [5.74, 6) is -0.383. The van der Waals surface area contributed by atoms with E-state index in [9.17, 15) is 9.90 Å². The van der Waals surface area contributed by atoms with Crippen LogP contribution in [-0.4, -0.2) is 17.7 Å². The number of ether oxygens (including phenoxy) is 1. The lowest BCUT2D eigenvalue weighted by molar-refractivity contribution is -0.148. The standard InChI is InChI=1S/C12H16O3/c1-3-15-11(13)9-12(2,14)10-7-5-4-6-8-10/h4-8,14H,3,9H2,1-2H3/t12-/m0/s1. The van der Waals surface area contributed by atoms with Crippen molar-refractivity contribution in [3.05, 3.63) is 35.9 Å². The molecule has 1 aromatic rings. The molecule has 0 aliphatic rings. The van der Waals surface area contributed by atoms with Crippen LogP contribution in [0.1, 0.15) is 25.8 Å². The Morgan fingerprint density at radius 3 is 2.53 bits per heavy atom. The fourth-order valence-corrected chi connectivity index (χ4v) is 1.39. The van der Waals surface area contributed by atoms with Gasteiger partial charge >= 0.3 is 5.97 Å². The van der Waals surface area contributed by atoms with Crippen LogP contribution in [0.15, 0.2) is 30.3 Å². The Balaban J connectivity index is 2.71. The van der Waals surface area contributed by atoms with Gasteiger partial charge in [0.2, 0.25) is 0 Å². The van der Waals surface area contributed by atoms with E-state index in [1.54, 1.807) is 26.0 Å². The SMILES string of the molecule is CCOC(=O)C[C@](C)(O)c1ccccc1. The molecule has 0 aromatic heterocycles. The summed E-state index contributed by atoms with van der Waals surface area (Å²) in [5, 5.41) is 10.1. The Labute approximate surface area is 89.7 Å². The van der Waals surface area contributed by atoms with Crippen molar-refractivity contribution in [3.63, 3.8) is 0 Å². The maximum atomic E-state index is 11.2. The second kappa shape index (κ2) is 4.94. The molecule has 1 rings (SSSR count). The minimum Gasteiger partial charge on any atom is -0.466 e. The van der Waals surface area contributed by atoms with Gasteiger partial charge in [-0.15, -0.1) is 0 Å². The lowest BCUT2D eigenvalue weighted by Crippen LogP contribution is -2.26. The van der Waals surface area contributed by atoms with E-state index in [0.29, 0.717) is 6.61 Å². The summed E-state index contributed by atoms with van der Waals surface area (Å²) in [6.07, 6.45) is -0.0230. The largest absolute Gasteiger partial charge is 0.466 e. The summed E-state index contributed by atoms with van der Waals surface area (Å²) in [4.78, 5) is 11.2. The van der Waals surface area contributed by atoms with Gasteiger partial charge in [-0.05, 0) is 19.4 Å². The number of hydrogen-bond acceptors (Lipinski definition) is 3. The molecule has 0 aliphatic carbocycles. The predicted molar refractivity (Wildman–Crippen MR) is 57.3 cm³/mol. The lowest BCUT2D eigenvalue weighted by atomic mass is 9.93. The van der Waals surface area contributed by atoms with Crippen LogP contribution in [0.4, 0.5) is 0 Å². The number of carbonyl (C=O) groups is 1. The van der Waals surface area contributed by atoms with Gasteiger partial charge in [0.05, 0.1) is 18.6 Å². The zero-order chi connectivity index (χ0) is 11.3. The topological polar surface area (TPSA) is 46.5 Å². The van der Waals surface area contributed by atoms with Gasteiger partial charge in [-0.2, -0.15) is 0 Å². The number of carbonyl (C=O) groups excluding carboxylic acids is 1. The van der Waals surface area contributed by atoms with Gasteiger partial charge in [0.15, 0.2) is 0 Å². The summed E-state index contributed by atoms with van der Waals surface area (Å²) in [5.41, 5.74) is -0.439. The van der Waals surface area contributed by atoms with Gasteiger partial charge in [-0.25, -0.2) is 0 Å². The minimum absolute atomic E-state index is 0.0230. The van der Waals surface area contributed by atoms with E-state index in [1.165, 1.54) is 0 Å². The summed E-state index contributed by atoms with van der Waals surface area (Å²) >= 11 is 0. The minimum atomic E-state index is -1.16. The van der Waals surface area contributed by atoms with Crippen molar-refractivity contribution in [2.75, 3.05) is 6.61 Å². The molecule has 0 spiro atoms. The summed E-state index contributed by atoms with van der Waals surface area (Å²) in [7, 11) is 0. The molecule has 15 heavy (non-hydrogen) atoms. The molecule has 0 bridgehead atoms. The highest BCUT2D eigenvalue weighted by molar-refractivity contribution is 5.71. The van der Waals surface area contributed by atoms with Crippen LogP contribution in [0.3, 0.4) is 0 Å². The molecule has 0 saturated heterocycles. The van der Waals surface area contributed by atoms with E-state index in [2.05, 4.69) is 0 Å². The molecule has 0 amide bonds. The fraction of sp³-hybridized carbons (Fsp3) is 0.417. The molecule has 0 unspecified atom stereocenters. The quantitative estimate of drug-likeness (QED) is 0.768. The summed E-state index contributed by atoms with van der Waals surface area (Å²) in [6, 6.07) is 9.10. The van der Waals surface area contributed by atoms with Crippen molar-refractivity contribution < 1.29 is 14.6 Å². The number of benzene rings is 1. The predicted octanol–water partition coefficient (Wildman–Crippen LogP) is 1.85. The van der Waals surface area contributed by atoms with Crippen molar-refractivity contribution in [1.29, 1.82) is 0 Å². The van der Waals surface area contributed by atoms with Gasteiger partial charge in [-0.1, -0.05) is 30.3 Å². The van der Waals surface area contributed by atoms with Crippen molar-refractivity contribution in [1.82, 2.24) is 0 Å². The van der Waals surface area contributed by atoms with Crippen molar-refractivity contribution in [2.45, 2.75) is 25.9 Å². The van der Waals surface area contributed by atoms with Crippen molar-refractivity contribution in [3.8, 4) is 0 Å². The normalized spacial score (nSPS) is 14.3. The van der Waals surface area contributed by atoms with Gasteiger partial charge < -0.3 is 9.84 Å². The monoisotopic (exact) mass is 208 g/mol. The Hall–Kier alpha value is -1.35. The van der Waals surface area contributed by atoms with Crippen LogP contribution >= 0.6 is 0 Å². The van der Waals surface area contributed by atoms with E-state index >= 15 is 0 Å². The molecule has 1 aromatic carbocycles. The van der Waals surface area contributed by atoms with Gasteiger partial charge in [-0.3, -0.25) is 4.79 Å². The Bertz CT molecular complexity index is 317. The summed E-state index contributed by atoms with van der Waals surface area (Å²) < 4.78 is 4.80. The highest BCUT2D eigenvalue weighted by Gasteiger charge is 2.26. The van der Waals surface area contributed by atoms with Crippen LogP contribution in [-0.2, 0) is 15.1 Å². The molecular formula is C12H16O3. The summed E-state index contributed by atoms with van der Waals surface area (Å²) in [6.45, 7) is 3.69. The first-order valence-corrected chi connectivity index (χ1v) is 5.00. The third kappa shape index (κ3) is 3.36. The molecule has 3 nitrogen and oxygen atoms in total. The highest BCUT2D eigenvalue weighted by Crippen LogP contribution is 2.24. The van der Waals surface area contributed by atoms with E-state index in [0.717, 1.165) is 5.56 Å². The third-order valence-electron chi connectivity index (χ3n) is 2.19.